The van der Waals surface area contributed by atoms with Crippen molar-refractivity contribution in [3.05, 3.63) is 52.4 Å². The Kier molecular flexibility index (Phi) is 4.52. The minimum atomic E-state index is -4.70. The highest BCUT2D eigenvalue weighted by Crippen LogP contribution is 2.32. The van der Waals surface area contributed by atoms with Crippen LogP contribution in [0, 0.1) is 24.1 Å². The van der Waals surface area contributed by atoms with Gasteiger partial charge in [-0.2, -0.15) is 18.4 Å². The summed E-state index contributed by atoms with van der Waals surface area (Å²) in [4.78, 5) is 4.25. The third kappa shape index (κ3) is 3.37. The van der Waals surface area contributed by atoms with Gasteiger partial charge in [-0.05, 0) is 37.5 Å². The summed E-state index contributed by atoms with van der Waals surface area (Å²) in [6, 6.07) is 4.93. The van der Waals surface area contributed by atoms with Gasteiger partial charge in [-0.1, -0.05) is 6.07 Å². The minimum Gasteiger partial charge on any atom is -0.328 e. The molecular formula is C17H16F4N4. The van der Waals surface area contributed by atoms with Crippen LogP contribution in [-0.2, 0) is 19.1 Å². The Balaban J connectivity index is 1.78. The molecule has 4 nitrogen and oxygen atoms in total. The molecule has 0 saturated carbocycles. The summed E-state index contributed by atoms with van der Waals surface area (Å²) in [6.07, 6.45) is -3.77. The van der Waals surface area contributed by atoms with Gasteiger partial charge in [-0.25, -0.2) is 9.37 Å². The molecule has 1 unspecified atom stereocenters. The van der Waals surface area contributed by atoms with Crippen LogP contribution in [0.25, 0.3) is 0 Å². The van der Waals surface area contributed by atoms with Gasteiger partial charge in [0.05, 0.1) is 17.3 Å². The van der Waals surface area contributed by atoms with Gasteiger partial charge in [0.25, 0.3) is 0 Å². The molecule has 1 aliphatic heterocycles. The second-order valence-electron chi connectivity index (χ2n) is 6.01. The summed E-state index contributed by atoms with van der Waals surface area (Å²) in [5, 5.41) is 12.5. The number of nitrogens with zero attached hydrogens (tertiary/aromatic N) is 3. The maximum Gasteiger partial charge on any atom is 0.419 e. The first-order valence-electron chi connectivity index (χ1n) is 7.87. The van der Waals surface area contributed by atoms with Crippen molar-refractivity contribution in [3.8, 4) is 6.07 Å². The molecule has 1 aliphatic rings. The molecule has 1 aromatic carbocycles. The second kappa shape index (κ2) is 6.48. The predicted octanol–water partition coefficient (Wildman–Crippen LogP) is 3.50. The Bertz CT molecular complexity index is 832. The molecule has 25 heavy (non-hydrogen) atoms. The molecule has 0 aliphatic carbocycles. The summed E-state index contributed by atoms with van der Waals surface area (Å²) >= 11 is 0. The molecule has 0 bridgehead atoms. The molecule has 0 amide bonds. The van der Waals surface area contributed by atoms with E-state index in [0.717, 1.165) is 23.7 Å². The quantitative estimate of drug-likeness (QED) is 0.861. The Hall–Kier alpha value is -2.40. The van der Waals surface area contributed by atoms with E-state index in [-0.39, 0.29) is 6.04 Å². The predicted molar refractivity (Wildman–Crippen MR) is 82.1 cm³/mol. The molecule has 1 N–H and O–H groups in total. The first kappa shape index (κ1) is 17.4. The van der Waals surface area contributed by atoms with Gasteiger partial charge in [-0.3, -0.25) is 0 Å². The molecule has 2 heterocycles. The summed E-state index contributed by atoms with van der Waals surface area (Å²) in [7, 11) is 0. The number of halogens is 4. The molecule has 1 atom stereocenters. The Labute approximate surface area is 142 Å². The number of aryl methyl sites for hydroxylation is 2. The van der Waals surface area contributed by atoms with Crippen LogP contribution in [0.3, 0.4) is 0 Å². The molecule has 3 rings (SSSR count). The van der Waals surface area contributed by atoms with Crippen LogP contribution >= 0.6 is 0 Å². The zero-order valence-corrected chi connectivity index (χ0v) is 13.5. The normalized spacial score (nSPS) is 17.2. The van der Waals surface area contributed by atoms with Crippen LogP contribution in [0.4, 0.5) is 17.6 Å². The van der Waals surface area contributed by atoms with Crippen LogP contribution in [0.1, 0.15) is 40.8 Å². The highest BCUT2D eigenvalue weighted by atomic mass is 19.4. The van der Waals surface area contributed by atoms with Crippen molar-refractivity contribution in [1.29, 1.82) is 5.26 Å². The van der Waals surface area contributed by atoms with Gasteiger partial charge in [-0.15, -0.1) is 0 Å². The lowest BCUT2D eigenvalue weighted by Gasteiger charge is -2.26. The topological polar surface area (TPSA) is 53.6 Å². The monoisotopic (exact) mass is 352 g/mol. The van der Waals surface area contributed by atoms with Crippen molar-refractivity contribution in [1.82, 2.24) is 14.9 Å². The third-order valence-electron chi connectivity index (χ3n) is 4.42. The smallest absolute Gasteiger partial charge is 0.328 e. The van der Waals surface area contributed by atoms with Crippen molar-refractivity contribution in [2.45, 2.75) is 38.5 Å². The van der Waals surface area contributed by atoms with Crippen LogP contribution in [0.2, 0.25) is 0 Å². The fraction of sp³-hybridized carbons (Fsp3) is 0.412. The first-order valence-corrected chi connectivity index (χ1v) is 7.87. The molecule has 0 spiro atoms. The van der Waals surface area contributed by atoms with Crippen LogP contribution in [-0.4, -0.2) is 16.1 Å². The van der Waals surface area contributed by atoms with E-state index in [9.17, 15) is 22.8 Å². The van der Waals surface area contributed by atoms with E-state index < -0.39 is 17.6 Å². The molecule has 2 aromatic rings. The van der Waals surface area contributed by atoms with Crippen molar-refractivity contribution < 1.29 is 17.6 Å². The summed E-state index contributed by atoms with van der Waals surface area (Å²) in [5.41, 5.74) is 0.374. The van der Waals surface area contributed by atoms with Gasteiger partial charge in [0, 0.05) is 13.1 Å². The lowest BCUT2D eigenvalue weighted by atomic mass is 9.99. The fourth-order valence-electron chi connectivity index (χ4n) is 3.24. The molecule has 0 fully saturated rings. The number of rotatable bonds is 3. The SMILES string of the molecule is Cc1nc(C#N)c2n1CCNC2CCc1ccc(C(F)(F)F)c(F)c1. The van der Waals surface area contributed by atoms with Gasteiger partial charge < -0.3 is 9.88 Å². The fourth-order valence-corrected chi connectivity index (χ4v) is 3.24. The van der Waals surface area contributed by atoms with Crippen molar-refractivity contribution in [2.75, 3.05) is 6.54 Å². The van der Waals surface area contributed by atoms with Crippen molar-refractivity contribution in [3.63, 3.8) is 0 Å². The Morgan fingerprint density at radius 1 is 1.40 bits per heavy atom. The van der Waals surface area contributed by atoms with E-state index >= 15 is 0 Å². The number of alkyl halides is 3. The lowest BCUT2D eigenvalue weighted by Crippen LogP contribution is -2.34. The van der Waals surface area contributed by atoms with E-state index in [1.807, 2.05) is 11.5 Å². The van der Waals surface area contributed by atoms with Crippen LogP contribution < -0.4 is 5.32 Å². The standard InChI is InChI=1S/C17H16F4N4/c1-10-24-15(9-22)16-14(23-6-7-25(10)16)5-3-11-2-4-12(13(18)8-11)17(19,20)21/h2,4,8,14,23H,3,5-7H2,1H3. The largest absolute Gasteiger partial charge is 0.419 e. The minimum absolute atomic E-state index is 0.144. The number of fused-ring (bicyclic) bond motifs is 1. The van der Waals surface area contributed by atoms with E-state index in [1.165, 1.54) is 6.07 Å². The number of aromatic nitrogens is 2. The average Bonchev–Trinajstić information content (AvgIpc) is 2.89. The van der Waals surface area contributed by atoms with Gasteiger partial charge in [0.15, 0.2) is 5.69 Å². The van der Waals surface area contributed by atoms with Crippen molar-refractivity contribution >= 4 is 0 Å². The van der Waals surface area contributed by atoms with E-state index in [4.69, 9.17) is 0 Å². The zero-order chi connectivity index (χ0) is 18.2. The molecular weight excluding hydrogens is 336 g/mol. The van der Waals surface area contributed by atoms with E-state index in [2.05, 4.69) is 16.4 Å². The highest BCUT2D eigenvalue weighted by molar-refractivity contribution is 5.33. The van der Waals surface area contributed by atoms with Gasteiger partial charge in [0.1, 0.15) is 17.7 Å². The second-order valence-corrected chi connectivity index (χ2v) is 6.01. The number of hydrogen-bond acceptors (Lipinski definition) is 3. The summed E-state index contributed by atoms with van der Waals surface area (Å²) < 4.78 is 53.5. The summed E-state index contributed by atoms with van der Waals surface area (Å²) in [5.74, 6) is -0.501. The number of imidazole rings is 1. The Morgan fingerprint density at radius 2 is 2.16 bits per heavy atom. The maximum atomic E-state index is 13.7. The maximum absolute atomic E-state index is 13.7. The average molecular weight is 352 g/mol. The molecule has 1 aromatic heterocycles. The molecule has 8 heteroatoms. The molecule has 0 radical (unpaired) electrons. The first-order chi connectivity index (χ1) is 11.8. The van der Waals surface area contributed by atoms with E-state index in [0.29, 0.717) is 37.2 Å². The number of nitriles is 1. The number of benzene rings is 1. The summed E-state index contributed by atoms with van der Waals surface area (Å²) in [6.45, 7) is 3.25. The molecule has 132 valence electrons. The van der Waals surface area contributed by atoms with Crippen molar-refractivity contribution in [2.24, 2.45) is 0 Å². The van der Waals surface area contributed by atoms with Crippen LogP contribution in [0.15, 0.2) is 18.2 Å². The van der Waals surface area contributed by atoms with Gasteiger partial charge in [0.2, 0.25) is 0 Å². The van der Waals surface area contributed by atoms with E-state index in [1.54, 1.807) is 0 Å². The highest BCUT2D eigenvalue weighted by Gasteiger charge is 2.34. The third-order valence-corrected chi connectivity index (χ3v) is 4.42. The lowest BCUT2D eigenvalue weighted by molar-refractivity contribution is -0.140. The van der Waals surface area contributed by atoms with Crippen LogP contribution in [0.5, 0.6) is 0 Å². The van der Waals surface area contributed by atoms with Gasteiger partial charge >= 0.3 is 6.18 Å². The number of nitrogens with one attached hydrogen (secondary N) is 1. The number of hydrogen-bond donors (Lipinski definition) is 1. The molecule has 0 saturated heterocycles. The zero-order valence-electron chi connectivity index (χ0n) is 13.5. The Morgan fingerprint density at radius 3 is 2.80 bits per heavy atom.